The molecule has 2 heterocycles. The number of hydrogen-bond donors (Lipinski definition) is 1. The Labute approximate surface area is 175 Å². The van der Waals surface area contributed by atoms with Crippen LogP contribution in [0, 0.1) is 5.92 Å². The highest BCUT2D eigenvalue weighted by Crippen LogP contribution is 2.28. The Balaban J connectivity index is 1.57. The van der Waals surface area contributed by atoms with Crippen molar-refractivity contribution in [3.05, 3.63) is 57.9 Å². The Morgan fingerprint density at radius 2 is 1.96 bits per heavy atom. The van der Waals surface area contributed by atoms with Crippen molar-refractivity contribution in [1.82, 2.24) is 9.62 Å². The third kappa shape index (κ3) is 5.23. The van der Waals surface area contributed by atoms with E-state index in [9.17, 15) is 13.2 Å². The normalized spacial score (nSPS) is 16.5. The molecule has 1 saturated heterocycles. The van der Waals surface area contributed by atoms with Gasteiger partial charge in [0.15, 0.2) is 0 Å². The van der Waals surface area contributed by atoms with Crippen molar-refractivity contribution in [2.75, 3.05) is 13.1 Å². The molecule has 0 radical (unpaired) electrons. The lowest BCUT2D eigenvalue weighted by Crippen LogP contribution is -2.37. The van der Waals surface area contributed by atoms with Gasteiger partial charge >= 0.3 is 0 Å². The summed E-state index contributed by atoms with van der Waals surface area (Å²) in [6.07, 6.45) is 4.86. The molecule has 1 amide bonds. The summed E-state index contributed by atoms with van der Waals surface area (Å²) < 4.78 is 27.4. The van der Waals surface area contributed by atoms with Gasteiger partial charge in [-0.1, -0.05) is 36.7 Å². The SMILES string of the molecule is CC1CCN(S(=O)(=O)c2ccc(CNC(=O)C=Cc3ccccc3Cl)s2)CC1. The van der Waals surface area contributed by atoms with Gasteiger partial charge in [-0.25, -0.2) is 8.42 Å². The lowest BCUT2D eigenvalue weighted by Gasteiger charge is -2.28. The zero-order valence-electron chi connectivity index (χ0n) is 15.6. The molecule has 1 fully saturated rings. The van der Waals surface area contributed by atoms with E-state index in [1.165, 1.54) is 17.4 Å². The number of piperidine rings is 1. The van der Waals surface area contributed by atoms with E-state index in [0.717, 1.165) is 23.3 Å². The first kappa shape index (κ1) is 21.0. The summed E-state index contributed by atoms with van der Waals surface area (Å²) >= 11 is 7.26. The predicted octanol–water partition coefficient (Wildman–Crippen LogP) is 4.15. The van der Waals surface area contributed by atoms with Gasteiger partial charge in [-0.2, -0.15) is 4.31 Å². The number of amides is 1. The molecule has 1 aliphatic rings. The Kier molecular flexibility index (Phi) is 6.93. The first-order valence-electron chi connectivity index (χ1n) is 9.15. The fraction of sp³-hybridized carbons (Fsp3) is 0.350. The summed E-state index contributed by atoms with van der Waals surface area (Å²) in [6, 6.07) is 10.6. The molecule has 0 atom stereocenters. The molecule has 28 heavy (non-hydrogen) atoms. The van der Waals surface area contributed by atoms with Gasteiger partial charge in [0.1, 0.15) is 4.21 Å². The molecule has 0 unspecified atom stereocenters. The molecule has 0 bridgehead atoms. The zero-order valence-corrected chi connectivity index (χ0v) is 18.0. The molecule has 1 aromatic carbocycles. The topological polar surface area (TPSA) is 66.5 Å². The van der Waals surface area contributed by atoms with Gasteiger partial charge in [0.05, 0.1) is 6.54 Å². The first-order chi connectivity index (χ1) is 13.4. The van der Waals surface area contributed by atoms with Gasteiger partial charge < -0.3 is 5.32 Å². The second kappa shape index (κ2) is 9.22. The minimum absolute atomic E-state index is 0.261. The lowest BCUT2D eigenvalue weighted by atomic mass is 10.0. The summed E-state index contributed by atoms with van der Waals surface area (Å²) in [5.41, 5.74) is 0.764. The Morgan fingerprint density at radius 3 is 2.68 bits per heavy atom. The van der Waals surface area contributed by atoms with Crippen molar-refractivity contribution in [3.63, 3.8) is 0 Å². The fourth-order valence-corrected chi connectivity index (χ4v) is 6.07. The van der Waals surface area contributed by atoms with Gasteiger partial charge in [0.25, 0.3) is 10.0 Å². The molecule has 1 aliphatic heterocycles. The highest BCUT2D eigenvalue weighted by atomic mass is 35.5. The summed E-state index contributed by atoms with van der Waals surface area (Å²) in [6.45, 7) is 3.57. The Bertz CT molecular complexity index is 961. The number of rotatable bonds is 6. The van der Waals surface area contributed by atoms with Crippen LogP contribution < -0.4 is 5.32 Å². The predicted molar refractivity (Wildman–Crippen MR) is 114 cm³/mol. The Hall–Kier alpha value is -1.67. The van der Waals surface area contributed by atoms with Crippen molar-refractivity contribution in [2.45, 2.75) is 30.5 Å². The number of carbonyl (C=O) groups is 1. The molecule has 3 rings (SSSR count). The van der Waals surface area contributed by atoms with Crippen molar-refractivity contribution < 1.29 is 13.2 Å². The minimum atomic E-state index is -3.44. The molecule has 1 aromatic heterocycles. The van der Waals surface area contributed by atoms with Crippen molar-refractivity contribution >= 4 is 44.9 Å². The number of sulfonamides is 1. The molecule has 0 saturated carbocycles. The van der Waals surface area contributed by atoms with E-state index in [-0.39, 0.29) is 12.5 Å². The van der Waals surface area contributed by atoms with E-state index in [1.807, 2.05) is 18.2 Å². The van der Waals surface area contributed by atoms with E-state index in [1.54, 1.807) is 28.6 Å². The second-order valence-corrected chi connectivity index (χ2v) is 10.6. The second-order valence-electron chi connectivity index (χ2n) is 6.88. The van der Waals surface area contributed by atoms with Gasteiger partial charge in [-0.15, -0.1) is 11.3 Å². The third-order valence-corrected chi connectivity index (χ3v) is 8.53. The van der Waals surface area contributed by atoms with Crippen LogP contribution >= 0.6 is 22.9 Å². The lowest BCUT2D eigenvalue weighted by molar-refractivity contribution is -0.116. The van der Waals surface area contributed by atoms with Crippen LogP contribution in [-0.4, -0.2) is 31.7 Å². The minimum Gasteiger partial charge on any atom is -0.348 e. The van der Waals surface area contributed by atoms with Gasteiger partial charge in [-0.05, 0) is 48.6 Å². The average molecular weight is 439 g/mol. The van der Waals surface area contributed by atoms with Crippen molar-refractivity contribution in [2.24, 2.45) is 5.92 Å². The quantitative estimate of drug-likeness (QED) is 0.689. The zero-order chi connectivity index (χ0) is 20.1. The Morgan fingerprint density at radius 1 is 1.25 bits per heavy atom. The summed E-state index contributed by atoms with van der Waals surface area (Å²) in [7, 11) is -3.44. The van der Waals surface area contributed by atoms with Crippen LogP contribution in [0.25, 0.3) is 6.08 Å². The van der Waals surface area contributed by atoms with E-state index >= 15 is 0 Å². The molecule has 2 aromatic rings. The van der Waals surface area contributed by atoms with E-state index < -0.39 is 10.0 Å². The molecule has 5 nitrogen and oxygen atoms in total. The third-order valence-electron chi connectivity index (χ3n) is 4.73. The van der Waals surface area contributed by atoms with E-state index in [4.69, 9.17) is 11.6 Å². The monoisotopic (exact) mass is 438 g/mol. The number of nitrogens with zero attached hydrogens (tertiary/aromatic N) is 1. The van der Waals surface area contributed by atoms with E-state index in [2.05, 4.69) is 12.2 Å². The largest absolute Gasteiger partial charge is 0.348 e. The van der Waals surface area contributed by atoms with Crippen LogP contribution in [0.1, 0.15) is 30.2 Å². The molecule has 0 aliphatic carbocycles. The molecule has 150 valence electrons. The number of benzene rings is 1. The van der Waals surface area contributed by atoms with Crippen LogP contribution in [0.5, 0.6) is 0 Å². The van der Waals surface area contributed by atoms with Crippen molar-refractivity contribution in [1.29, 1.82) is 0 Å². The number of carbonyl (C=O) groups excluding carboxylic acids is 1. The number of halogens is 1. The van der Waals surface area contributed by atoms with Crippen LogP contribution in [0.3, 0.4) is 0 Å². The molecular weight excluding hydrogens is 416 g/mol. The van der Waals surface area contributed by atoms with Crippen molar-refractivity contribution in [3.8, 4) is 0 Å². The maximum Gasteiger partial charge on any atom is 0.252 e. The number of hydrogen-bond acceptors (Lipinski definition) is 4. The smallest absolute Gasteiger partial charge is 0.252 e. The van der Waals surface area contributed by atoms with Crippen LogP contribution in [0.4, 0.5) is 0 Å². The maximum atomic E-state index is 12.8. The fourth-order valence-electron chi connectivity index (χ4n) is 2.95. The summed E-state index contributed by atoms with van der Waals surface area (Å²) in [5.74, 6) is 0.308. The summed E-state index contributed by atoms with van der Waals surface area (Å²) in [4.78, 5) is 12.8. The number of thiophene rings is 1. The molecular formula is C20H23ClN2O3S2. The average Bonchev–Trinajstić information content (AvgIpc) is 3.16. The number of nitrogens with one attached hydrogen (secondary N) is 1. The van der Waals surface area contributed by atoms with Crippen LogP contribution in [-0.2, 0) is 21.4 Å². The maximum absolute atomic E-state index is 12.8. The van der Waals surface area contributed by atoms with Crippen LogP contribution in [0.15, 0.2) is 46.7 Å². The standard InChI is InChI=1S/C20H23ClN2O3S2/c1-15-10-12-23(13-11-15)28(25,26)20-9-7-17(27-20)14-22-19(24)8-6-16-4-2-3-5-18(16)21/h2-9,15H,10-14H2,1H3,(H,22,24). The molecule has 0 spiro atoms. The highest BCUT2D eigenvalue weighted by molar-refractivity contribution is 7.91. The molecule has 1 N–H and O–H groups in total. The molecule has 8 heteroatoms. The van der Waals surface area contributed by atoms with Gasteiger partial charge in [0.2, 0.25) is 5.91 Å². The first-order valence-corrected chi connectivity index (χ1v) is 11.8. The van der Waals surface area contributed by atoms with Gasteiger partial charge in [-0.3, -0.25) is 4.79 Å². The van der Waals surface area contributed by atoms with E-state index in [0.29, 0.717) is 28.2 Å². The van der Waals surface area contributed by atoms with Gasteiger partial charge in [0, 0.05) is 29.1 Å². The highest BCUT2D eigenvalue weighted by Gasteiger charge is 2.29. The summed E-state index contributed by atoms with van der Waals surface area (Å²) in [5, 5.41) is 3.35. The van der Waals surface area contributed by atoms with Crippen LogP contribution in [0.2, 0.25) is 5.02 Å².